The van der Waals surface area contributed by atoms with Gasteiger partial charge in [0.2, 0.25) is 10.0 Å². The van der Waals surface area contributed by atoms with E-state index in [9.17, 15) is 13.2 Å². The Bertz CT molecular complexity index is 383. The van der Waals surface area contributed by atoms with Gasteiger partial charge in [-0.15, -0.1) is 0 Å². The van der Waals surface area contributed by atoms with Crippen molar-refractivity contribution < 1.29 is 27.8 Å². The fourth-order valence-electron chi connectivity index (χ4n) is 2.25. The van der Waals surface area contributed by atoms with Crippen molar-refractivity contribution in [2.24, 2.45) is 5.92 Å². The van der Waals surface area contributed by atoms with Crippen molar-refractivity contribution in [2.45, 2.75) is 24.5 Å². The largest absolute Gasteiger partial charge is 0.469 e. The number of aliphatic hydroxyl groups is 1. The first-order valence-corrected chi connectivity index (χ1v) is 7.82. The Morgan fingerprint density at radius 3 is 2.74 bits per heavy atom. The normalized spacial score (nSPS) is 23.5. The van der Waals surface area contributed by atoms with Crippen molar-refractivity contribution in [2.75, 3.05) is 33.5 Å². The minimum Gasteiger partial charge on any atom is -0.469 e. The summed E-state index contributed by atoms with van der Waals surface area (Å²) in [6, 6.07) is 0. The van der Waals surface area contributed by atoms with Crippen LogP contribution < -0.4 is 4.72 Å². The average Bonchev–Trinajstić information content (AvgIpc) is 2.87. The van der Waals surface area contributed by atoms with Gasteiger partial charge in [0.25, 0.3) is 0 Å². The van der Waals surface area contributed by atoms with Crippen LogP contribution in [0.2, 0.25) is 0 Å². The van der Waals surface area contributed by atoms with Gasteiger partial charge in [-0.2, -0.15) is 0 Å². The molecule has 2 unspecified atom stereocenters. The molecule has 2 N–H and O–H groups in total. The van der Waals surface area contributed by atoms with E-state index in [1.807, 2.05) is 0 Å². The molecule has 0 aromatic carbocycles. The number of hydrogen-bond acceptors (Lipinski definition) is 6. The number of ether oxygens (including phenoxy) is 2. The molecule has 0 aromatic heterocycles. The maximum atomic E-state index is 12.1. The lowest BCUT2D eigenvalue weighted by atomic mass is 10.1. The molecule has 1 aliphatic carbocycles. The molecular weight excluding hydrogens is 274 g/mol. The summed E-state index contributed by atoms with van der Waals surface area (Å²) in [4.78, 5) is 11.5. The number of methoxy groups -OCH3 is 1. The smallest absolute Gasteiger partial charge is 0.310 e. The number of carbonyl (C=O) groups is 1. The van der Waals surface area contributed by atoms with Gasteiger partial charge >= 0.3 is 5.97 Å². The van der Waals surface area contributed by atoms with Gasteiger partial charge in [-0.25, -0.2) is 13.1 Å². The van der Waals surface area contributed by atoms with E-state index in [1.165, 1.54) is 7.11 Å². The molecule has 19 heavy (non-hydrogen) atoms. The molecule has 7 nitrogen and oxygen atoms in total. The van der Waals surface area contributed by atoms with Gasteiger partial charge in [0.15, 0.2) is 0 Å². The Morgan fingerprint density at radius 2 is 2.11 bits per heavy atom. The number of rotatable bonds is 8. The minimum atomic E-state index is -3.54. The van der Waals surface area contributed by atoms with E-state index >= 15 is 0 Å². The standard InChI is InChI=1S/C11H21NO6S/c1-17-11(14)9-3-2-4-10(9)19(15,16)12-5-7-18-8-6-13/h9-10,12-13H,2-8H2,1H3. The van der Waals surface area contributed by atoms with E-state index in [2.05, 4.69) is 9.46 Å². The molecule has 1 fully saturated rings. The van der Waals surface area contributed by atoms with Crippen LogP contribution in [-0.2, 0) is 24.3 Å². The molecule has 0 aromatic rings. The highest BCUT2D eigenvalue weighted by molar-refractivity contribution is 7.90. The summed E-state index contributed by atoms with van der Waals surface area (Å²) in [5.74, 6) is -1.05. The summed E-state index contributed by atoms with van der Waals surface area (Å²) in [6.07, 6.45) is 1.71. The highest BCUT2D eigenvalue weighted by Gasteiger charge is 2.41. The number of sulfonamides is 1. The third-order valence-electron chi connectivity index (χ3n) is 3.14. The van der Waals surface area contributed by atoms with Crippen molar-refractivity contribution in [3.63, 3.8) is 0 Å². The Labute approximate surface area is 113 Å². The zero-order valence-electron chi connectivity index (χ0n) is 11.0. The molecular formula is C11H21NO6S. The Kier molecular flexibility index (Phi) is 6.70. The van der Waals surface area contributed by atoms with Gasteiger partial charge in [0, 0.05) is 6.54 Å². The van der Waals surface area contributed by atoms with Crippen LogP contribution in [0, 0.1) is 5.92 Å². The zero-order valence-corrected chi connectivity index (χ0v) is 11.8. The number of esters is 1. The maximum absolute atomic E-state index is 12.1. The Hall–Kier alpha value is -0.700. The van der Waals surface area contributed by atoms with Crippen LogP contribution in [0.15, 0.2) is 0 Å². The van der Waals surface area contributed by atoms with Crippen molar-refractivity contribution >= 4 is 16.0 Å². The second kappa shape index (κ2) is 7.78. The van der Waals surface area contributed by atoms with Gasteiger partial charge < -0.3 is 14.6 Å². The minimum absolute atomic E-state index is 0.0974. The molecule has 8 heteroatoms. The summed E-state index contributed by atoms with van der Waals surface area (Å²) >= 11 is 0. The zero-order chi connectivity index (χ0) is 14.3. The monoisotopic (exact) mass is 295 g/mol. The second-order valence-corrected chi connectivity index (χ2v) is 6.36. The molecule has 0 saturated heterocycles. The molecule has 0 aliphatic heterocycles. The van der Waals surface area contributed by atoms with Crippen LogP contribution in [0.4, 0.5) is 0 Å². The third-order valence-corrected chi connectivity index (χ3v) is 5.11. The number of hydrogen-bond donors (Lipinski definition) is 2. The van der Waals surface area contributed by atoms with Crippen LogP contribution in [0.25, 0.3) is 0 Å². The first kappa shape index (κ1) is 16.4. The fraction of sp³-hybridized carbons (Fsp3) is 0.909. The first-order valence-electron chi connectivity index (χ1n) is 6.28. The lowest BCUT2D eigenvalue weighted by Gasteiger charge is -2.18. The van der Waals surface area contributed by atoms with E-state index < -0.39 is 27.2 Å². The molecule has 112 valence electrons. The molecule has 0 amide bonds. The van der Waals surface area contributed by atoms with Crippen LogP contribution >= 0.6 is 0 Å². The summed E-state index contributed by atoms with van der Waals surface area (Å²) in [7, 11) is -2.28. The lowest BCUT2D eigenvalue weighted by Crippen LogP contribution is -2.40. The first-order chi connectivity index (χ1) is 9.03. The van der Waals surface area contributed by atoms with Crippen molar-refractivity contribution in [3.05, 3.63) is 0 Å². The predicted molar refractivity (Wildman–Crippen MR) is 68.0 cm³/mol. The highest BCUT2D eigenvalue weighted by atomic mass is 32.2. The van der Waals surface area contributed by atoms with Crippen LogP contribution in [0.3, 0.4) is 0 Å². The lowest BCUT2D eigenvalue weighted by molar-refractivity contribution is -0.145. The quantitative estimate of drug-likeness (QED) is 0.451. The molecule has 1 saturated carbocycles. The molecule has 0 spiro atoms. The molecule has 2 atom stereocenters. The molecule has 0 bridgehead atoms. The van der Waals surface area contributed by atoms with Gasteiger partial charge in [-0.05, 0) is 12.8 Å². The van der Waals surface area contributed by atoms with Crippen molar-refractivity contribution in [1.29, 1.82) is 0 Å². The second-order valence-electron chi connectivity index (χ2n) is 4.37. The number of aliphatic hydroxyl groups excluding tert-OH is 1. The van der Waals surface area contributed by atoms with E-state index in [1.54, 1.807) is 0 Å². The predicted octanol–water partition coefficient (Wildman–Crippen LogP) is -0.744. The van der Waals surface area contributed by atoms with Crippen LogP contribution in [0.5, 0.6) is 0 Å². The van der Waals surface area contributed by atoms with Gasteiger partial charge in [-0.3, -0.25) is 4.79 Å². The summed E-state index contributed by atoms with van der Waals surface area (Å²) < 4.78 is 36.2. The Morgan fingerprint density at radius 1 is 1.37 bits per heavy atom. The summed E-state index contributed by atoms with van der Waals surface area (Å²) in [5.41, 5.74) is 0. The molecule has 1 rings (SSSR count). The topological polar surface area (TPSA) is 102 Å². The molecule has 0 heterocycles. The van der Waals surface area contributed by atoms with E-state index in [4.69, 9.17) is 9.84 Å². The van der Waals surface area contributed by atoms with Gasteiger partial charge in [0.1, 0.15) is 0 Å². The van der Waals surface area contributed by atoms with Gasteiger partial charge in [0.05, 0.1) is 38.1 Å². The molecule has 0 radical (unpaired) electrons. The van der Waals surface area contributed by atoms with E-state index in [0.29, 0.717) is 19.3 Å². The van der Waals surface area contributed by atoms with Crippen LogP contribution in [0.1, 0.15) is 19.3 Å². The van der Waals surface area contributed by atoms with E-state index in [0.717, 1.165) is 0 Å². The van der Waals surface area contributed by atoms with Crippen molar-refractivity contribution in [1.82, 2.24) is 4.72 Å². The third kappa shape index (κ3) is 4.72. The molecule has 1 aliphatic rings. The van der Waals surface area contributed by atoms with Gasteiger partial charge in [-0.1, -0.05) is 6.42 Å². The van der Waals surface area contributed by atoms with E-state index in [-0.39, 0.29) is 26.4 Å². The SMILES string of the molecule is COC(=O)C1CCCC1S(=O)(=O)NCCOCCO. The summed E-state index contributed by atoms with van der Waals surface area (Å²) in [6.45, 7) is 0.401. The highest BCUT2D eigenvalue weighted by Crippen LogP contribution is 2.31. The number of nitrogens with one attached hydrogen (secondary N) is 1. The Balaban J connectivity index is 2.49. The average molecular weight is 295 g/mol. The number of carbonyl (C=O) groups excluding carboxylic acids is 1. The van der Waals surface area contributed by atoms with Crippen LogP contribution in [-0.4, -0.2) is 58.2 Å². The fourth-order valence-corrected chi connectivity index (χ4v) is 3.99. The maximum Gasteiger partial charge on any atom is 0.310 e. The van der Waals surface area contributed by atoms with Crippen molar-refractivity contribution in [3.8, 4) is 0 Å². The summed E-state index contributed by atoms with van der Waals surface area (Å²) in [5, 5.41) is 7.78.